The minimum absolute atomic E-state index is 0.253. The highest BCUT2D eigenvalue weighted by molar-refractivity contribution is 7.99. The normalized spacial score (nSPS) is 19.3. The van der Waals surface area contributed by atoms with Gasteiger partial charge in [-0.1, -0.05) is 26.7 Å². The summed E-state index contributed by atoms with van der Waals surface area (Å²) >= 11 is 1.48. The summed E-state index contributed by atoms with van der Waals surface area (Å²) in [7, 11) is 0. The molecular weight excluding hydrogens is 252 g/mol. The van der Waals surface area contributed by atoms with Crippen LogP contribution in [0.4, 0.5) is 4.79 Å². The molecule has 1 fully saturated rings. The molecule has 1 saturated heterocycles. The fraction of sp³-hybridized carbons (Fsp3) is 0.833. The van der Waals surface area contributed by atoms with Crippen LogP contribution in [-0.2, 0) is 4.79 Å². The number of nitrogens with zero attached hydrogens (tertiary/aromatic N) is 1. The number of hydrogen-bond donors (Lipinski definition) is 2. The van der Waals surface area contributed by atoms with E-state index in [1.807, 2.05) is 0 Å². The number of carboxylic acids is 1. The van der Waals surface area contributed by atoms with Crippen molar-refractivity contribution in [3.05, 3.63) is 0 Å². The van der Waals surface area contributed by atoms with Crippen molar-refractivity contribution in [3.63, 3.8) is 0 Å². The van der Waals surface area contributed by atoms with Crippen molar-refractivity contribution >= 4 is 23.8 Å². The highest BCUT2D eigenvalue weighted by Crippen LogP contribution is 2.20. The van der Waals surface area contributed by atoms with Gasteiger partial charge in [0, 0.05) is 12.3 Å². The van der Waals surface area contributed by atoms with Crippen molar-refractivity contribution in [3.8, 4) is 0 Å². The van der Waals surface area contributed by atoms with Crippen LogP contribution in [0.5, 0.6) is 0 Å². The number of rotatable bonds is 6. The van der Waals surface area contributed by atoms with Crippen LogP contribution in [0.2, 0.25) is 0 Å². The second-order valence-corrected chi connectivity index (χ2v) is 5.95. The molecule has 1 heterocycles. The largest absolute Gasteiger partial charge is 0.480 e. The lowest BCUT2D eigenvalue weighted by atomic mass is 10.1. The first kappa shape index (κ1) is 15.1. The number of nitrogens with one attached hydrogen (secondary N) is 1. The third-order valence-corrected chi connectivity index (χ3v) is 3.92. The Labute approximate surface area is 112 Å². The minimum Gasteiger partial charge on any atom is -0.480 e. The monoisotopic (exact) mass is 274 g/mol. The van der Waals surface area contributed by atoms with Gasteiger partial charge in [0.1, 0.15) is 6.04 Å². The lowest BCUT2D eigenvalue weighted by molar-refractivity contribution is -0.140. The molecule has 0 aromatic carbocycles. The van der Waals surface area contributed by atoms with Crippen LogP contribution in [0.25, 0.3) is 0 Å². The summed E-state index contributed by atoms with van der Waals surface area (Å²) < 4.78 is 0. The zero-order valence-corrected chi connectivity index (χ0v) is 11.8. The highest BCUT2D eigenvalue weighted by atomic mass is 32.2. The van der Waals surface area contributed by atoms with E-state index in [4.69, 9.17) is 5.11 Å². The summed E-state index contributed by atoms with van der Waals surface area (Å²) in [6.45, 7) is 4.98. The smallest absolute Gasteiger partial charge is 0.327 e. The van der Waals surface area contributed by atoms with Crippen molar-refractivity contribution < 1.29 is 14.7 Å². The number of amides is 2. The zero-order chi connectivity index (χ0) is 13.5. The molecule has 1 rings (SSSR count). The Morgan fingerprint density at radius 3 is 2.78 bits per heavy atom. The number of carbonyl (C=O) groups is 2. The molecule has 0 bridgehead atoms. The topological polar surface area (TPSA) is 69.6 Å². The molecule has 1 aliphatic heterocycles. The van der Waals surface area contributed by atoms with Gasteiger partial charge < -0.3 is 15.3 Å². The summed E-state index contributed by atoms with van der Waals surface area (Å²) in [4.78, 5) is 24.1. The summed E-state index contributed by atoms with van der Waals surface area (Å²) in [5.41, 5.74) is 0. The average molecular weight is 274 g/mol. The Bertz CT molecular complexity index is 297. The maximum atomic E-state index is 11.8. The Morgan fingerprint density at radius 1 is 1.44 bits per heavy atom. The molecule has 0 saturated carbocycles. The molecule has 1 atom stereocenters. The van der Waals surface area contributed by atoms with Crippen molar-refractivity contribution in [1.82, 2.24) is 10.2 Å². The Balaban J connectivity index is 2.22. The SMILES string of the molecule is CC(C)CCCCNC(=O)N1CSC[C@H]1C(=O)O. The number of urea groups is 1. The van der Waals surface area contributed by atoms with Gasteiger partial charge >= 0.3 is 12.0 Å². The predicted octanol–water partition coefficient (Wildman–Crippen LogP) is 1.98. The second kappa shape index (κ2) is 7.51. The summed E-state index contributed by atoms with van der Waals surface area (Å²) in [5.74, 6) is 0.715. The van der Waals surface area contributed by atoms with E-state index >= 15 is 0 Å². The standard InChI is InChI=1S/C12H22N2O3S/c1-9(2)5-3-4-6-13-12(17)14-8-18-7-10(14)11(15)16/h9-10H,3-8H2,1-2H3,(H,13,17)(H,15,16)/t10-/m0/s1. The maximum absolute atomic E-state index is 11.8. The molecule has 0 unspecified atom stereocenters. The minimum atomic E-state index is -0.921. The molecule has 0 aliphatic carbocycles. The summed E-state index contributed by atoms with van der Waals surface area (Å²) in [6.07, 6.45) is 3.20. The van der Waals surface area contributed by atoms with E-state index in [9.17, 15) is 9.59 Å². The molecule has 0 radical (unpaired) electrons. The van der Waals surface area contributed by atoms with Crippen molar-refractivity contribution in [2.24, 2.45) is 5.92 Å². The third kappa shape index (κ3) is 4.76. The second-order valence-electron chi connectivity index (χ2n) is 4.95. The number of carboxylic acid groups (broad SMARTS) is 1. The highest BCUT2D eigenvalue weighted by Gasteiger charge is 2.34. The quantitative estimate of drug-likeness (QED) is 0.727. The van der Waals surface area contributed by atoms with Crippen LogP contribution >= 0.6 is 11.8 Å². The zero-order valence-electron chi connectivity index (χ0n) is 11.0. The number of aliphatic carboxylic acids is 1. The molecule has 1 aliphatic rings. The van der Waals surface area contributed by atoms with Crippen molar-refractivity contribution in [2.45, 2.75) is 39.2 Å². The van der Waals surface area contributed by atoms with Gasteiger partial charge in [0.15, 0.2) is 0 Å². The molecule has 0 aromatic rings. The van der Waals surface area contributed by atoms with E-state index in [2.05, 4.69) is 19.2 Å². The Kier molecular flexibility index (Phi) is 6.32. The van der Waals surface area contributed by atoms with E-state index in [-0.39, 0.29) is 6.03 Å². The van der Waals surface area contributed by atoms with Crippen LogP contribution in [0, 0.1) is 5.92 Å². The Hall–Kier alpha value is -0.910. The van der Waals surface area contributed by atoms with Gasteiger partial charge in [-0.3, -0.25) is 0 Å². The molecular formula is C12H22N2O3S. The maximum Gasteiger partial charge on any atom is 0.327 e. The molecule has 0 spiro atoms. The lowest BCUT2D eigenvalue weighted by Crippen LogP contribution is -2.47. The van der Waals surface area contributed by atoms with Crippen molar-refractivity contribution in [2.75, 3.05) is 18.2 Å². The first-order valence-corrected chi connectivity index (χ1v) is 7.53. The molecule has 5 nitrogen and oxygen atoms in total. The van der Waals surface area contributed by atoms with Gasteiger partial charge in [0.05, 0.1) is 5.88 Å². The number of unbranched alkanes of at least 4 members (excludes halogenated alkanes) is 1. The summed E-state index contributed by atoms with van der Waals surface area (Å²) in [6, 6.07) is -0.928. The number of hydrogen-bond acceptors (Lipinski definition) is 3. The molecule has 6 heteroatoms. The summed E-state index contributed by atoms with van der Waals surface area (Å²) in [5, 5.41) is 11.8. The fourth-order valence-corrected chi connectivity index (χ4v) is 2.97. The van der Waals surface area contributed by atoms with Gasteiger partial charge in [-0.2, -0.15) is 0 Å². The van der Waals surface area contributed by atoms with Gasteiger partial charge in [-0.05, 0) is 12.3 Å². The van der Waals surface area contributed by atoms with E-state index < -0.39 is 12.0 Å². The van der Waals surface area contributed by atoms with Crippen LogP contribution in [0.1, 0.15) is 33.1 Å². The lowest BCUT2D eigenvalue weighted by Gasteiger charge is -2.20. The number of thioether (sulfide) groups is 1. The molecule has 18 heavy (non-hydrogen) atoms. The van der Waals surface area contributed by atoms with Crippen LogP contribution < -0.4 is 5.32 Å². The van der Waals surface area contributed by atoms with E-state index in [1.165, 1.54) is 16.7 Å². The Morgan fingerprint density at radius 2 is 2.17 bits per heavy atom. The van der Waals surface area contributed by atoms with Crippen LogP contribution in [0.3, 0.4) is 0 Å². The molecule has 0 aromatic heterocycles. The van der Waals surface area contributed by atoms with Gasteiger partial charge in [0.25, 0.3) is 0 Å². The first-order valence-electron chi connectivity index (χ1n) is 6.37. The molecule has 2 amide bonds. The predicted molar refractivity (Wildman–Crippen MR) is 72.7 cm³/mol. The van der Waals surface area contributed by atoms with E-state index in [1.54, 1.807) is 0 Å². The van der Waals surface area contributed by atoms with Crippen LogP contribution in [-0.4, -0.2) is 46.2 Å². The van der Waals surface area contributed by atoms with Gasteiger partial charge in [-0.25, -0.2) is 9.59 Å². The van der Waals surface area contributed by atoms with Gasteiger partial charge in [0.2, 0.25) is 0 Å². The van der Waals surface area contributed by atoms with E-state index in [0.29, 0.717) is 24.1 Å². The average Bonchev–Trinajstić information content (AvgIpc) is 2.76. The first-order chi connectivity index (χ1) is 8.52. The van der Waals surface area contributed by atoms with Crippen molar-refractivity contribution in [1.29, 1.82) is 0 Å². The molecule has 2 N–H and O–H groups in total. The van der Waals surface area contributed by atoms with Gasteiger partial charge in [-0.15, -0.1) is 11.8 Å². The van der Waals surface area contributed by atoms with E-state index in [0.717, 1.165) is 19.3 Å². The number of carbonyl (C=O) groups excluding carboxylic acids is 1. The molecule has 104 valence electrons. The van der Waals surface area contributed by atoms with Crippen LogP contribution in [0.15, 0.2) is 0 Å². The fourth-order valence-electron chi connectivity index (χ4n) is 1.82. The third-order valence-electron chi connectivity index (χ3n) is 2.91.